The Bertz CT molecular complexity index is 1830. The van der Waals surface area contributed by atoms with Crippen LogP contribution in [0.5, 0.6) is 5.75 Å². The molecule has 0 heterocycles. The molecule has 39 heavy (non-hydrogen) atoms. The fraction of sp³-hybridized carbons (Fsp3) is 0.0294. The lowest BCUT2D eigenvalue weighted by molar-refractivity contribution is -0.114. The van der Waals surface area contributed by atoms with Crippen molar-refractivity contribution in [1.29, 1.82) is 0 Å². The molecule has 6 aromatic carbocycles. The SMILES string of the molecule is CC(=O)Nc1ccc(OC(=O)c2cccc3ccccc23)c2ccccc12.O=Cc1cccc2ccccc12. The lowest BCUT2D eigenvalue weighted by Gasteiger charge is -2.12. The molecule has 0 aliphatic carbocycles. The number of benzene rings is 6. The highest BCUT2D eigenvalue weighted by atomic mass is 16.5. The van der Waals surface area contributed by atoms with Crippen LogP contribution in [0.25, 0.3) is 32.3 Å². The van der Waals surface area contributed by atoms with E-state index in [4.69, 9.17) is 4.74 Å². The van der Waals surface area contributed by atoms with Gasteiger partial charge in [-0.25, -0.2) is 4.79 Å². The third-order valence-electron chi connectivity index (χ3n) is 6.36. The zero-order chi connectivity index (χ0) is 27.2. The molecular weight excluding hydrogens is 486 g/mol. The summed E-state index contributed by atoms with van der Waals surface area (Å²) in [5.74, 6) is -0.109. The van der Waals surface area contributed by atoms with E-state index in [9.17, 15) is 14.4 Å². The lowest BCUT2D eigenvalue weighted by atomic mass is 10.0. The Morgan fingerprint density at radius 1 is 0.615 bits per heavy atom. The first kappa shape index (κ1) is 25.4. The third kappa shape index (κ3) is 5.53. The minimum atomic E-state index is -0.413. The molecule has 6 rings (SSSR count). The van der Waals surface area contributed by atoms with E-state index in [0.29, 0.717) is 17.0 Å². The van der Waals surface area contributed by atoms with Gasteiger partial charge in [0.25, 0.3) is 0 Å². The van der Waals surface area contributed by atoms with Crippen LogP contribution in [-0.4, -0.2) is 18.2 Å². The first-order valence-corrected chi connectivity index (χ1v) is 12.5. The number of carbonyl (C=O) groups is 3. The van der Waals surface area contributed by atoms with Crippen LogP contribution >= 0.6 is 0 Å². The van der Waals surface area contributed by atoms with Crippen LogP contribution in [-0.2, 0) is 4.79 Å². The predicted molar refractivity (Wildman–Crippen MR) is 156 cm³/mol. The van der Waals surface area contributed by atoms with Crippen LogP contribution in [0.15, 0.2) is 121 Å². The molecule has 0 radical (unpaired) electrons. The number of esters is 1. The predicted octanol–water partition coefficient (Wildman–Crippen LogP) is 7.82. The fourth-order valence-corrected chi connectivity index (χ4v) is 4.57. The van der Waals surface area contributed by atoms with Crippen molar-refractivity contribution in [3.8, 4) is 5.75 Å². The second kappa shape index (κ2) is 11.4. The summed E-state index contributed by atoms with van der Waals surface area (Å²) in [6.45, 7) is 1.46. The van der Waals surface area contributed by atoms with Gasteiger partial charge in [0, 0.05) is 28.9 Å². The van der Waals surface area contributed by atoms with E-state index in [2.05, 4.69) is 5.32 Å². The van der Waals surface area contributed by atoms with E-state index in [0.717, 1.165) is 44.2 Å². The molecule has 0 atom stereocenters. The second-order valence-corrected chi connectivity index (χ2v) is 8.94. The van der Waals surface area contributed by atoms with Gasteiger partial charge in [-0.05, 0) is 39.7 Å². The molecule has 190 valence electrons. The molecule has 0 aliphatic heterocycles. The van der Waals surface area contributed by atoms with Gasteiger partial charge in [0.05, 0.1) is 5.56 Å². The largest absolute Gasteiger partial charge is 0.422 e. The van der Waals surface area contributed by atoms with Crippen molar-refractivity contribution in [3.05, 3.63) is 132 Å². The van der Waals surface area contributed by atoms with Crippen molar-refractivity contribution in [2.45, 2.75) is 6.92 Å². The van der Waals surface area contributed by atoms with Gasteiger partial charge in [-0.1, -0.05) is 103 Å². The summed E-state index contributed by atoms with van der Waals surface area (Å²) in [7, 11) is 0. The maximum Gasteiger partial charge on any atom is 0.344 e. The fourth-order valence-electron chi connectivity index (χ4n) is 4.57. The van der Waals surface area contributed by atoms with Crippen molar-refractivity contribution in [2.75, 3.05) is 5.32 Å². The summed E-state index contributed by atoms with van der Waals surface area (Å²) in [6.07, 6.45) is 0.891. The second-order valence-electron chi connectivity index (χ2n) is 8.94. The Morgan fingerprint density at radius 3 is 1.87 bits per heavy atom. The summed E-state index contributed by atoms with van der Waals surface area (Å²) in [4.78, 5) is 34.9. The average Bonchev–Trinajstić information content (AvgIpc) is 2.98. The number of nitrogens with one attached hydrogen (secondary N) is 1. The van der Waals surface area contributed by atoms with Crippen LogP contribution in [0.4, 0.5) is 5.69 Å². The van der Waals surface area contributed by atoms with Crippen LogP contribution in [0.1, 0.15) is 27.6 Å². The quantitative estimate of drug-likeness (QED) is 0.149. The Labute approximate surface area is 225 Å². The van der Waals surface area contributed by atoms with Crippen molar-refractivity contribution in [3.63, 3.8) is 0 Å². The Kier molecular flexibility index (Phi) is 7.41. The molecule has 0 saturated heterocycles. The zero-order valence-electron chi connectivity index (χ0n) is 21.3. The van der Waals surface area contributed by atoms with Gasteiger partial charge in [-0.3, -0.25) is 9.59 Å². The number of ether oxygens (including phenoxy) is 1. The monoisotopic (exact) mass is 511 g/mol. The van der Waals surface area contributed by atoms with Crippen LogP contribution in [0, 0.1) is 0 Å². The summed E-state index contributed by atoms with van der Waals surface area (Å²) in [5, 5.41) is 8.35. The number of aldehydes is 1. The van der Waals surface area contributed by atoms with Gasteiger partial charge in [0.15, 0.2) is 6.29 Å². The Morgan fingerprint density at radius 2 is 1.18 bits per heavy atom. The van der Waals surface area contributed by atoms with E-state index >= 15 is 0 Å². The zero-order valence-corrected chi connectivity index (χ0v) is 21.3. The minimum Gasteiger partial charge on any atom is -0.422 e. The maximum atomic E-state index is 12.8. The van der Waals surface area contributed by atoms with E-state index in [1.165, 1.54) is 6.92 Å². The molecule has 1 N–H and O–H groups in total. The van der Waals surface area contributed by atoms with Gasteiger partial charge in [-0.15, -0.1) is 0 Å². The van der Waals surface area contributed by atoms with Gasteiger partial charge < -0.3 is 10.1 Å². The molecule has 0 bridgehead atoms. The first-order chi connectivity index (χ1) is 19.0. The maximum absolute atomic E-state index is 12.8. The van der Waals surface area contributed by atoms with Crippen molar-refractivity contribution >= 4 is 56.2 Å². The van der Waals surface area contributed by atoms with Crippen molar-refractivity contribution in [1.82, 2.24) is 0 Å². The summed E-state index contributed by atoms with van der Waals surface area (Å²) >= 11 is 0. The van der Waals surface area contributed by atoms with Crippen LogP contribution < -0.4 is 10.1 Å². The van der Waals surface area contributed by atoms with Gasteiger partial charge >= 0.3 is 5.97 Å². The number of amides is 1. The highest BCUT2D eigenvalue weighted by Gasteiger charge is 2.15. The standard InChI is InChI=1S/C23H17NO3.C11H8O/c1-15(25)24-21-13-14-22(19-11-5-4-10-18(19)21)27-23(26)20-12-6-8-16-7-2-3-9-17(16)20;12-8-10-6-3-5-9-4-1-2-7-11(9)10/h2-14H,1H3,(H,24,25);1-8H. The molecule has 0 spiro atoms. The normalized spacial score (nSPS) is 10.5. The van der Waals surface area contributed by atoms with E-state index < -0.39 is 5.97 Å². The van der Waals surface area contributed by atoms with Gasteiger partial charge in [-0.2, -0.15) is 0 Å². The third-order valence-corrected chi connectivity index (χ3v) is 6.36. The van der Waals surface area contributed by atoms with Gasteiger partial charge in [0.2, 0.25) is 5.91 Å². The number of hydrogen-bond acceptors (Lipinski definition) is 4. The van der Waals surface area contributed by atoms with Crippen LogP contribution in [0.3, 0.4) is 0 Å². The van der Waals surface area contributed by atoms with E-state index in [1.54, 1.807) is 18.2 Å². The number of anilines is 1. The molecule has 0 aliphatic rings. The molecular formula is C34H25NO4. The highest BCUT2D eigenvalue weighted by Crippen LogP contribution is 2.32. The minimum absolute atomic E-state index is 0.152. The van der Waals surface area contributed by atoms with Crippen molar-refractivity contribution < 1.29 is 19.1 Å². The van der Waals surface area contributed by atoms with Crippen molar-refractivity contribution in [2.24, 2.45) is 0 Å². The Hall–Kier alpha value is -5.29. The smallest absolute Gasteiger partial charge is 0.344 e. The molecule has 5 nitrogen and oxygen atoms in total. The molecule has 0 unspecified atom stereocenters. The molecule has 0 aromatic heterocycles. The molecule has 1 amide bonds. The topological polar surface area (TPSA) is 72.5 Å². The molecule has 0 saturated carbocycles. The lowest BCUT2D eigenvalue weighted by Crippen LogP contribution is -2.10. The number of rotatable bonds is 4. The van der Waals surface area contributed by atoms with Gasteiger partial charge in [0.1, 0.15) is 5.75 Å². The number of carbonyl (C=O) groups excluding carboxylic acids is 3. The summed E-state index contributed by atoms with van der Waals surface area (Å²) in [5.41, 5.74) is 1.96. The Balaban J connectivity index is 0.000000214. The highest BCUT2D eigenvalue weighted by molar-refractivity contribution is 6.08. The number of fused-ring (bicyclic) bond motifs is 3. The molecule has 0 fully saturated rings. The summed E-state index contributed by atoms with van der Waals surface area (Å²) < 4.78 is 5.73. The number of hydrogen-bond donors (Lipinski definition) is 1. The summed E-state index contributed by atoms with van der Waals surface area (Å²) in [6, 6.07) is 37.8. The van der Waals surface area contributed by atoms with E-state index in [-0.39, 0.29) is 5.91 Å². The van der Waals surface area contributed by atoms with Crippen LogP contribution in [0.2, 0.25) is 0 Å². The van der Waals surface area contributed by atoms with E-state index in [1.807, 2.05) is 103 Å². The average molecular weight is 512 g/mol. The molecule has 5 heteroatoms. The molecule has 6 aromatic rings. The first-order valence-electron chi connectivity index (χ1n) is 12.5.